The summed E-state index contributed by atoms with van der Waals surface area (Å²) in [4.78, 5) is 4.41. The molecule has 0 saturated carbocycles. The first-order valence-electron chi connectivity index (χ1n) is 8.78. The van der Waals surface area contributed by atoms with Crippen LogP contribution >= 0.6 is 0 Å². The zero-order valence-electron chi connectivity index (χ0n) is 15.5. The average molecular weight is 349 g/mol. The minimum absolute atomic E-state index is 0.322. The van der Waals surface area contributed by atoms with Gasteiger partial charge in [0.25, 0.3) is 0 Å². The zero-order chi connectivity index (χ0) is 18.7. The minimum atomic E-state index is -1.21. The van der Waals surface area contributed by atoms with Crippen LogP contribution in [0.15, 0.2) is 67.5 Å². The number of hydrogen-bond acceptors (Lipinski definition) is 2. The van der Waals surface area contributed by atoms with Crippen LogP contribution in [0.25, 0.3) is 17.1 Å². The van der Waals surface area contributed by atoms with Crippen LogP contribution in [0.1, 0.15) is 37.8 Å². The number of rotatable bonds is 6. The quantitative estimate of drug-likeness (QED) is 0.549. The Morgan fingerprint density at radius 2 is 1.77 bits per heavy atom. The smallest absolute Gasteiger partial charge is 0.181 e. The van der Waals surface area contributed by atoms with Gasteiger partial charge in [-0.2, -0.15) is 0 Å². The van der Waals surface area contributed by atoms with E-state index >= 15 is 0 Å². The molecule has 3 rings (SSSR count). The highest BCUT2D eigenvalue weighted by atomic mass is 19.1. The van der Waals surface area contributed by atoms with Crippen molar-refractivity contribution in [3.63, 3.8) is 0 Å². The number of benzene rings is 2. The molecule has 4 heteroatoms. The van der Waals surface area contributed by atoms with Crippen molar-refractivity contribution in [1.29, 1.82) is 0 Å². The van der Waals surface area contributed by atoms with Gasteiger partial charge in [0, 0.05) is 12.0 Å². The van der Waals surface area contributed by atoms with Gasteiger partial charge in [0.15, 0.2) is 5.82 Å². The van der Waals surface area contributed by atoms with Crippen molar-refractivity contribution in [1.82, 2.24) is 14.8 Å². The van der Waals surface area contributed by atoms with Crippen LogP contribution in [-0.4, -0.2) is 20.4 Å². The van der Waals surface area contributed by atoms with Crippen molar-refractivity contribution >= 4 is 0 Å². The Hall–Kier alpha value is -2.75. The van der Waals surface area contributed by atoms with Crippen molar-refractivity contribution in [3.05, 3.63) is 78.6 Å². The molecule has 0 radical (unpaired) electrons. The minimum Gasteiger partial charge on any atom is -0.244 e. The van der Waals surface area contributed by atoms with E-state index < -0.39 is 5.67 Å². The lowest BCUT2D eigenvalue weighted by atomic mass is 10.00. The third-order valence-electron chi connectivity index (χ3n) is 4.37. The summed E-state index contributed by atoms with van der Waals surface area (Å²) >= 11 is 0. The van der Waals surface area contributed by atoms with Crippen LogP contribution in [0, 0.1) is 0 Å². The summed E-state index contributed by atoms with van der Waals surface area (Å²) in [6, 6.07) is 16.0. The van der Waals surface area contributed by atoms with Gasteiger partial charge in [0.1, 0.15) is 12.0 Å². The molecule has 3 nitrogen and oxygen atoms in total. The standard InChI is InChI=1S/C22H24FN3/c1-5-16(2)18-8-10-19(11-9-18)21-24-15-26(25-21)20-12-6-17(7-13-20)14-22(3,4)23/h5-13,15-16H,1,14H2,2-4H3. The Morgan fingerprint density at radius 1 is 1.12 bits per heavy atom. The lowest BCUT2D eigenvalue weighted by Gasteiger charge is -2.13. The second kappa shape index (κ2) is 7.24. The monoisotopic (exact) mass is 349 g/mol. The number of nitrogens with zero attached hydrogens (tertiary/aromatic N) is 3. The molecule has 1 atom stereocenters. The van der Waals surface area contributed by atoms with Crippen molar-refractivity contribution < 1.29 is 4.39 Å². The first-order valence-corrected chi connectivity index (χ1v) is 8.78. The van der Waals surface area contributed by atoms with E-state index in [2.05, 4.69) is 35.7 Å². The average Bonchev–Trinajstić information content (AvgIpc) is 3.10. The van der Waals surface area contributed by atoms with Crippen LogP contribution in [0.5, 0.6) is 0 Å². The summed E-state index contributed by atoms with van der Waals surface area (Å²) in [6.45, 7) is 9.12. The van der Waals surface area contributed by atoms with Gasteiger partial charge < -0.3 is 0 Å². The van der Waals surface area contributed by atoms with E-state index in [1.165, 1.54) is 5.56 Å². The number of alkyl halides is 1. The molecule has 0 spiro atoms. The second-order valence-electron chi connectivity index (χ2n) is 7.22. The van der Waals surface area contributed by atoms with Gasteiger partial charge in [-0.1, -0.05) is 49.4 Å². The topological polar surface area (TPSA) is 30.7 Å². The maximum absolute atomic E-state index is 13.8. The van der Waals surface area contributed by atoms with Crippen LogP contribution in [0.2, 0.25) is 0 Å². The molecular weight excluding hydrogens is 325 g/mol. The van der Waals surface area contributed by atoms with E-state index in [-0.39, 0.29) is 0 Å². The summed E-state index contributed by atoms with van der Waals surface area (Å²) in [5, 5.41) is 4.56. The lowest BCUT2D eigenvalue weighted by Crippen LogP contribution is -2.15. The molecule has 0 aliphatic heterocycles. The fraction of sp³-hybridized carbons (Fsp3) is 0.273. The summed E-state index contributed by atoms with van der Waals surface area (Å²) in [5.41, 5.74) is 2.85. The van der Waals surface area contributed by atoms with Gasteiger partial charge in [0.2, 0.25) is 0 Å². The summed E-state index contributed by atoms with van der Waals surface area (Å²) < 4.78 is 15.5. The molecule has 134 valence electrons. The SMILES string of the molecule is C=CC(C)c1ccc(-c2ncn(-c3ccc(CC(C)(C)F)cc3)n2)cc1. The lowest BCUT2D eigenvalue weighted by molar-refractivity contribution is 0.217. The van der Waals surface area contributed by atoms with Crippen LogP contribution in [0.3, 0.4) is 0 Å². The van der Waals surface area contributed by atoms with Crippen LogP contribution in [-0.2, 0) is 6.42 Å². The van der Waals surface area contributed by atoms with Crippen molar-refractivity contribution in [2.24, 2.45) is 0 Å². The van der Waals surface area contributed by atoms with Crippen LogP contribution in [0.4, 0.5) is 4.39 Å². The molecule has 0 aliphatic rings. The highest BCUT2D eigenvalue weighted by Gasteiger charge is 2.16. The van der Waals surface area contributed by atoms with Gasteiger partial charge >= 0.3 is 0 Å². The molecule has 3 aromatic rings. The van der Waals surface area contributed by atoms with Gasteiger partial charge in [-0.25, -0.2) is 14.1 Å². The molecule has 2 aromatic carbocycles. The highest BCUT2D eigenvalue weighted by Crippen LogP contribution is 2.22. The van der Waals surface area contributed by atoms with E-state index in [0.29, 0.717) is 18.2 Å². The van der Waals surface area contributed by atoms with E-state index in [1.807, 2.05) is 42.5 Å². The fourth-order valence-electron chi connectivity index (χ4n) is 2.84. The molecule has 1 unspecified atom stereocenters. The first kappa shape index (κ1) is 18.1. The Balaban J connectivity index is 1.78. The molecular formula is C22H24FN3. The maximum Gasteiger partial charge on any atom is 0.181 e. The van der Waals surface area contributed by atoms with Crippen molar-refractivity contribution in [3.8, 4) is 17.1 Å². The second-order valence-corrected chi connectivity index (χ2v) is 7.22. The molecule has 0 fully saturated rings. The van der Waals surface area contributed by atoms with Gasteiger partial charge in [0.05, 0.1) is 5.69 Å². The summed E-state index contributed by atoms with van der Waals surface area (Å²) in [7, 11) is 0. The first-order chi connectivity index (χ1) is 12.4. The zero-order valence-corrected chi connectivity index (χ0v) is 15.5. The Labute approximate surface area is 154 Å². The highest BCUT2D eigenvalue weighted by molar-refractivity contribution is 5.55. The maximum atomic E-state index is 13.8. The molecule has 0 amide bonds. The number of hydrogen-bond donors (Lipinski definition) is 0. The molecule has 0 bridgehead atoms. The van der Waals surface area contributed by atoms with Gasteiger partial charge in [-0.3, -0.25) is 0 Å². The Morgan fingerprint density at radius 3 is 2.35 bits per heavy atom. The molecule has 1 aromatic heterocycles. The fourth-order valence-corrected chi connectivity index (χ4v) is 2.84. The van der Waals surface area contributed by atoms with Crippen LogP contribution < -0.4 is 0 Å². The molecule has 1 heterocycles. The van der Waals surface area contributed by atoms with Gasteiger partial charge in [-0.05, 0) is 43.0 Å². The summed E-state index contributed by atoms with van der Waals surface area (Å²) in [6.07, 6.45) is 4.02. The Kier molecular flexibility index (Phi) is 5.03. The Bertz CT molecular complexity index is 871. The molecule has 0 N–H and O–H groups in total. The number of aromatic nitrogens is 3. The van der Waals surface area contributed by atoms with Crippen molar-refractivity contribution in [2.75, 3.05) is 0 Å². The van der Waals surface area contributed by atoms with E-state index in [0.717, 1.165) is 16.8 Å². The van der Waals surface area contributed by atoms with E-state index in [4.69, 9.17) is 0 Å². The van der Waals surface area contributed by atoms with E-state index in [9.17, 15) is 4.39 Å². The number of halogens is 1. The van der Waals surface area contributed by atoms with E-state index in [1.54, 1.807) is 24.9 Å². The largest absolute Gasteiger partial charge is 0.244 e. The molecule has 26 heavy (non-hydrogen) atoms. The molecule has 0 aliphatic carbocycles. The van der Waals surface area contributed by atoms with Crippen molar-refractivity contribution in [2.45, 2.75) is 38.8 Å². The summed E-state index contributed by atoms with van der Waals surface area (Å²) in [5.74, 6) is 0.999. The predicted molar refractivity (Wildman–Crippen MR) is 104 cm³/mol. The van der Waals surface area contributed by atoms with Gasteiger partial charge in [-0.15, -0.1) is 11.7 Å². The molecule has 0 saturated heterocycles. The third kappa shape index (κ3) is 4.26. The normalized spacial score (nSPS) is 12.8. The number of allylic oxidation sites excluding steroid dienone is 1. The third-order valence-corrected chi connectivity index (χ3v) is 4.37. The predicted octanol–water partition coefficient (Wildman–Crippen LogP) is 5.51.